The number of carbonyl (C=O) groups is 1. The lowest BCUT2D eigenvalue weighted by Gasteiger charge is -2.10. The molecule has 0 unspecified atom stereocenters. The number of benzene rings is 1. The fraction of sp³-hybridized carbons (Fsp3) is 0.231. The Morgan fingerprint density at radius 1 is 1.43 bits per heavy atom. The van der Waals surface area contributed by atoms with E-state index in [2.05, 4.69) is 9.72 Å². The van der Waals surface area contributed by atoms with Crippen LogP contribution in [0.4, 0.5) is 8.78 Å². The highest BCUT2D eigenvalue weighted by Gasteiger charge is 2.12. The average Bonchev–Trinajstić information content (AvgIpc) is 2.78. The Labute approximate surface area is 123 Å². The quantitative estimate of drug-likeness (QED) is 0.831. The Balaban J connectivity index is 2.24. The van der Waals surface area contributed by atoms with Crippen LogP contribution in [0.25, 0.3) is 5.69 Å². The van der Waals surface area contributed by atoms with Crippen LogP contribution in [0.3, 0.4) is 0 Å². The van der Waals surface area contributed by atoms with Crippen LogP contribution in [0.1, 0.15) is 5.69 Å². The normalized spacial score (nSPS) is 10.9. The fourth-order valence-electron chi connectivity index (χ4n) is 1.73. The first kappa shape index (κ1) is 15.3. The van der Waals surface area contributed by atoms with Crippen molar-refractivity contribution in [1.82, 2.24) is 9.55 Å². The Morgan fingerprint density at radius 2 is 2.10 bits per heavy atom. The van der Waals surface area contributed by atoms with Crippen LogP contribution in [0, 0.1) is 6.92 Å². The zero-order valence-electron chi connectivity index (χ0n) is 11.0. The highest BCUT2D eigenvalue weighted by Crippen LogP contribution is 2.25. The van der Waals surface area contributed by atoms with Gasteiger partial charge in [0.1, 0.15) is 5.75 Å². The molecule has 0 spiro atoms. The molecule has 0 amide bonds. The molecule has 1 heterocycles. The second-order valence-electron chi connectivity index (χ2n) is 4.07. The largest absolute Gasteiger partial charge is 0.481 e. The SMILES string of the molecule is Cc1cnc(SCC(=O)O)n1-c1ccc(OC(F)F)cc1. The molecule has 0 aliphatic rings. The summed E-state index contributed by atoms with van der Waals surface area (Å²) in [6.45, 7) is -1.05. The first-order valence-electron chi connectivity index (χ1n) is 5.91. The fourth-order valence-corrected chi connectivity index (χ4v) is 2.49. The second-order valence-corrected chi connectivity index (χ2v) is 5.01. The van der Waals surface area contributed by atoms with Crippen molar-refractivity contribution in [3.63, 3.8) is 0 Å². The summed E-state index contributed by atoms with van der Waals surface area (Å²) in [6, 6.07) is 6.06. The van der Waals surface area contributed by atoms with Gasteiger partial charge in [0.15, 0.2) is 5.16 Å². The number of ether oxygens (including phenoxy) is 1. The van der Waals surface area contributed by atoms with Crippen molar-refractivity contribution in [2.45, 2.75) is 18.7 Å². The van der Waals surface area contributed by atoms with E-state index in [-0.39, 0.29) is 11.5 Å². The molecule has 0 aliphatic heterocycles. The number of thioether (sulfide) groups is 1. The van der Waals surface area contributed by atoms with E-state index in [0.29, 0.717) is 10.8 Å². The van der Waals surface area contributed by atoms with Gasteiger partial charge in [-0.3, -0.25) is 9.36 Å². The molecule has 0 aliphatic carbocycles. The molecule has 112 valence electrons. The Morgan fingerprint density at radius 3 is 2.67 bits per heavy atom. The van der Waals surface area contributed by atoms with Crippen molar-refractivity contribution in [3.8, 4) is 11.4 Å². The number of hydrogen-bond acceptors (Lipinski definition) is 4. The summed E-state index contributed by atoms with van der Waals surface area (Å²) in [5.74, 6) is -0.984. The molecule has 0 bridgehead atoms. The van der Waals surface area contributed by atoms with Gasteiger partial charge in [0, 0.05) is 17.6 Å². The summed E-state index contributed by atoms with van der Waals surface area (Å²) in [6.07, 6.45) is 1.62. The van der Waals surface area contributed by atoms with Crippen LogP contribution < -0.4 is 4.74 Å². The number of aryl methyl sites for hydroxylation is 1. The summed E-state index contributed by atoms with van der Waals surface area (Å²) < 4.78 is 30.2. The lowest BCUT2D eigenvalue weighted by Crippen LogP contribution is -2.04. The van der Waals surface area contributed by atoms with Crippen molar-refractivity contribution >= 4 is 17.7 Å². The van der Waals surface area contributed by atoms with Crippen molar-refractivity contribution < 1.29 is 23.4 Å². The first-order valence-corrected chi connectivity index (χ1v) is 6.90. The summed E-state index contributed by atoms with van der Waals surface area (Å²) in [5, 5.41) is 9.24. The van der Waals surface area contributed by atoms with E-state index in [0.717, 1.165) is 17.5 Å². The maximum Gasteiger partial charge on any atom is 0.387 e. The van der Waals surface area contributed by atoms with E-state index >= 15 is 0 Å². The number of alkyl halides is 2. The number of carboxylic acids is 1. The van der Waals surface area contributed by atoms with Crippen LogP contribution in [0.15, 0.2) is 35.6 Å². The van der Waals surface area contributed by atoms with E-state index in [1.165, 1.54) is 12.1 Å². The monoisotopic (exact) mass is 314 g/mol. The lowest BCUT2D eigenvalue weighted by atomic mass is 10.3. The van der Waals surface area contributed by atoms with Gasteiger partial charge in [0.25, 0.3) is 0 Å². The number of rotatable bonds is 6. The van der Waals surface area contributed by atoms with Crippen LogP contribution in [-0.2, 0) is 4.79 Å². The topological polar surface area (TPSA) is 64.3 Å². The minimum Gasteiger partial charge on any atom is -0.481 e. The molecule has 1 N–H and O–H groups in total. The molecule has 5 nitrogen and oxygen atoms in total. The van der Waals surface area contributed by atoms with Crippen LogP contribution >= 0.6 is 11.8 Å². The minimum atomic E-state index is -2.87. The molecular weight excluding hydrogens is 302 g/mol. The van der Waals surface area contributed by atoms with Crippen LogP contribution in [-0.4, -0.2) is 33.0 Å². The summed E-state index contributed by atoms with van der Waals surface area (Å²) >= 11 is 1.09. The third-order valence-corrected chi connectivity index (χ3v) is 3.49. The molecule has 1 aromatic carbocycles. The lowest BCUT2D eigenvalue weighted by molar-refractivity contribution is -0.133. The Kier molecular flexibility index (Phi) is 4.79. The maximum absolute atomic E-state index is 12.1. The molecule has 1 aromatic heterocycles. The van der Waals surface area contributed by atoms with Gasteiger partial charge in [-0.1, -0.05) is 11.8 Å². The molecule has 8 heteroatoms. The van der Waals surface area contributed by atoms with E-state index < -0.39 is 12.6 Å². The third kappa shape index (κ3) is 3.94. The van der Waals surface area contributed by atoms with Crippen LogP contribution in [0.2, 0.25) is 0 Å². The van der Waals surface area contributed by atoms with Gasteiger partial charge < -0.3 is 9.84 Å². The van der Waals surface area contributed by atoms with Crippen molar-refractivity contribution in [3.05, 3.63) is 36.2 Å². The smallest absolute Gasteiger partial charge is 0.387 e. The molecule has 0 radical (unpaired) electrons. The summed E-state index contributed by atoms with van der Waals surface area (Å²) in [7, 11) is 0. The van der Waals surface area contributed by atoms with Gasteiger partial charge in [-0.2, -0.15) is 8.78 Å². The molecule has 0 saturated carbocycles. The van der Waals surface area contributed by atoms with Crippen molar-refractivity contribution in [2.75, 3.05) is 5.75 Å². The number of carboxylic acid groups (broad SMARTS) is 1. The van der Waals surface area contributed by atoms with Crippen molar-refractivity contribution in [2.24, 2.45) is 0 Å². The maximum atomic E-state index is 12.1. The number of aromatic nitrogens is 2. The number of aliphatic carboxylic acids is 1. The Hall–Kier alpha value is -2.09. The van der Waals surface area contributed by atoms with E-state index in [1.54, 1.807) is 22.9 Å². The Bertz CT molecular complexity index is 629. The van der Waals surface area contributed by atoms with E-state index in [1.807, 2.05) is 6.92 Å². The van der Waals surface area contributed by atoms with Crippen molar-refractivity contribution in [1.29, 1.82) is 0 Å². The molecule has 0 fully saturated rings. The van der Waals surface area contributed by atoms with Gasteiger partial charge in [0.05, 0.1) is 5.75 Å². The predicted octanol–water partition coefficient (Wildman–Crippen LogP) is 2.96. The average molecular weight is 314 g/mol. The first-order chi connectivity index (χ1) is 9.97. The highest BCUT2D eigenvalue weighted by atomic mass is 32.2. The third-order valence-electron chi connectivity index (χ3n) is 2.55. The number of halogens is 2. The number of imidazole rings is 1. The molecule has 0 atom stereocenters. The van der Waals surface area contributed by atoms with Gasteiger partial charge in [0.2, 0.25) is 0 Å². The molecule has 2 rings (SSSR count). The zero-order chi connectivity index (χ0) is 15.4. The van der Waals surface area contributed by atoms with E-state index in [4.69, 9.17) is 5.11 Å². The molecular formula is C13H12F2N2O3S. The number of hydrogen-bond donors (Lipinski definition) is 1. The summed E-state index contributed by atoms with van der Waals surface area (Å²) in [4.78, 5) is 14.8. The predicted molar refractivity (Wildman–Crippen MR) is 73.3 cm³/mol. The highest BCUT2D eigenvalue weighted by molar-refractivity contribution is 7.99. The van der Waals surface area contributed by atoms with Gasteiger partial charge in [-0.25, -0.2) is 4.98 Å². The second kappa shape index (κ2) is 6.57. The van der Waals surface area contributed by atoms with Gasteiger partial charge in [-0.15, -0.1) is 0 Å². The van der Waals surface area contributed by atoms with E-state index in [9.17, 15) is 13.6 Å². The van der Waals surface area contributed by atoms with Crippen LogP contribution in [0.5, 0.6) is 5.75 Å². The molecule has 2 aromatic rings. The zero-order valence-corrected chi connectivity index (χ0v) is 11.8. The van der Waals surface area contributed by atoms with Gasteiger partial charge >= 0.3 is 12.6 Å². The minimum absolute atomic E-state index is 0.0613. The number of nitrogens with zero attached hydrogens (tertiary/aromatic N) is 2. The standard InChI is InChI=1S/C13H12F2N2O3S/c1-8-6-16-13(21-7-11(18)19)17(8)9-2-4-10(5-3-9)20-12(14)15/h2-6,12H,7H2,1H3,(H,18,19). The molecule has 0 saturated heterocycles. The van der Waals surface area contributed by atoms with Gasteiger partial charge in [-0.05, 0) is 31.2 Å². The summed E-state index contributed by atoms with van der Waals surface area (Å²) in [5.41, 5.74) is 1.50. The molecule has 21 heavy (non-hydrogen) atoms.